The monoisotopic (exact) mass is 490 g/mol. The maximum atomic E-state index is 13.8. The first-order valence-electron chi connectivity index (χ1n) is 10.9. The van der Waals surface area contributed by atoms with Gasteiger partial charge in [0, 0.05) is 23.8 Å². The van der Waals surface area contributed by atoms with Crippen molar-refractivity contribution in [1.29, 1.82) is 0 Å². The van der Waals surface area contributed by atoms with Crippen molar-refractivity contribution in [3.8, 4) is 0 Å². The second kappa shape index (κ2) is 11.3. The van der Waals surface area contributed by atoms with Gasteiger partial charge in [-0.3, -0.25) is 14.9 Å². The summed E-state index contributed by atoms with van der Waals surface area (Å²) in [5.41, 5.74) is 5.98. The highest BCUT2D eigenvalue weighted by molar-refractivity contribution is 6.31. The quantitative estimate of drug-likeness (QED) is 0.552. The van der Waals surface area contributed by atoms with Crippen LogP contribution in [0.5, 0.6) is 0 Å². The van der Waals surface area contributed by atoms with Gasteiger partial charge in [0.1, 0.15) is 12.4 Å². The summed E-state index contributed by atoms with van der Waals surface area (Å²) >= 11 is 6.18. The van der Waals surface area contributed by atoms with Gasteiger partial charge in [-0.05, 0) is 49.1 Å². The molecule has 0 saturated carbocycles. The number of carbonyl (C=O) groups excluding carboxylic acids is 3. The average Bonchev–Trinajstić information content (AvgIpc) is 2.82. The zero-order valence-corrected chi connectivity index (χ0v) is 19.7. The summed E-state index contributed by atoms with van der Waals surface area (Å²) in [4.78, 5) is 38.8. The molecule has 0 aliphatic carbocycles. The van der Waals surface area contributed by atoms with E-state index < -0.39 is 17.4 Å². The smallest absolute Gasteiger partial charge is 0.411 e. The Morgan fingerprint density at radius 1 is 1.18 bits per heavy atom. The minimum absolute atomic E-state index is 0.0572. The van der Waals surface area contributed by atoms with Gasteiger partial charge >= 0.3 is 6.09 Å². The van der Waals surface area contributed by atoms with E-state index in [1.807, 2.05) is 0 Å². The van der Waals surface area contributed by atoms with E-state index in [1.165, 1.54) is 6.07 Å². The van der Waals surface area contributed by atoms with Crippen LogP contribution >= 0.6 is 11.6 Å². The fourth-order valence-electron chi connectivity index (χ4n) is 3.80. The van der Waals surface area contributed by atoms with Gasteiger partial charge in [-0.2, -0.15) is 0 Å². The summed E-state index contributed by atoms with van der Waals surface area (Å²) in [5.74, 6) is -0.912. The number of amides is 3. The molecule has 1 aliphatic rings. The molecule has 182 valence electrons. The summed E-state index contributed by atoms with van der Waals surface area (Å²) in [6.07, 6.45) is 0.0316. The molecule has 0 atom stereocenters. The second-order valence-electron chi connectivity index (χ2n) is 8.35. The third-order valence-corrected chi connectivity index (χ3v) is 6.23. The van der Waals surface area contributed by atoms with Crippen molar-refractivity contribution in [3.63, 3.8) is 0 Å². The largest absolute Gasteiger partial charge is 0.447 e. The van der Waals surface area contributed by atoms with Gasteiger partial charge in [-0.1, -0.05) is 35.9 Å². The van der Waals surface area contributed by atoms with Gasteiger partial charge in [0.15, 0.2) is 0 Å². The topological polar surface area (TPSA) is 114 Å². The summed E-state index contributed by atoms with van der Waals surface area (Å²) in [7, 11) is 0. The zero-order valence-electron chi connectivity index (χ0n) is 18.9. The molecule has 0 aromatic heterocycles. The van der Waals surface area contributed by atoms with Gasteiger partial charge < -0.3 is 20.7 Å². The fourth-order valence-corrected chi connectivity index (χ4v) is 4.00. The van der Waals surface area contributed by atoms with E-state index in [2.05, 4.69) is 10.6 Å². The van der Waals surface area contributed by atoms with E-state index in [1.54, 1.807) is 48.2 Å². The maximum Gasteiger partial charge on any atom is 0.411 e. The van der Waals surface area contributed by atoms with Crippen LogP contribution in [0.1, 0.15) is 24.0 Å². The molecule has 0 unspecified atom stereocenters. The van der Waals surface area contributed by atoms with Crippen LogP contribution in [0.25, 0.3) is 0 Å². The molecule has 1 heterocycles. The van der Waals surface area contributed by atoms with Crippen molar-refractivity contribution in [2.24, 2.45) is 5.73 Å². The first-order chi connectivity index (χ1) is 16.2. The van der Waals surface area contributed by atoms with Gasteiger partial charge in [-0.15, -0.1) is 0 Å². The summed E-state index contributed by atoms with van der Waals surface area (Å²) in [6, 6.07) is 11.4. The highest BCUT2D eigenvalue weighted by atomic mass is 35.5. The van der Waals surface area contributed by atoms with Crippen molar-refractivity contribution in [2.45, 2.75) is 31.7 Å². The molecule has 0 spiro atoms. The van der Waals surface area contributed by atoms with Crippen LogP contribution in [-0.2, 0) is 20.7 Å². The Labute approximate surface area is 202 Å². The molecule has 2 aromatic carbocycles. The predicted molar refractivity (Wildman–Crippen MR) is 127 cm³/mol. The van der Waals surface area contributed by atoms with E-state index in [9.17, 15) is 18.8 Å². The van der Waals surface area contributed by atoms with E-state index in [0.717, 1.165) is 0 Å². The van der Waals surface area contributed by atoms with Gasteiger partial charge in [0.2, 0.25) is 11.8 Å². The van der Waals surface area contributed by atoms with Crippen LogP contribution < -0.4 is 16.4 Å². The lowest BCUT2D eigenvalue weighted by Crippen LogP contribution is -2.59. The number of nitrogens with one attached hydrogen (secondary N) is 2. The summed E-state index contributed by atoms with van der Waals surface area (Å²) in [6.45, 7) is 2.12. The number of hydrogen-bond donors (Lipinski definition) is 3. The number of carbonyl (C=O) groups is 3. The third kappa shape index (κ3) is 6.68. The number of likely N-dealkylation sites (tertiary alicyclic amines) is 1. The number of nitrogens with zero attached hydrogens (tertiary/aromatic N) is 1. The number of halogens is 2. The lowest BCUT2D eigenvalue weighted by molar-refractivity contribution is -0.132. The molecular weight excluding hydrogens is 463 g/mol. The lowest BCUT2D eigenvalue weighted by Gasteiger charge is -2.41. The van der Waals surface area contributed by atoms with Crippen LogP contribution in [0.15, 0.2) is 42.5 Å². The van der Waals surface area contributed by atoms with Crippen LogP contribution in [0.4, 0.5) is 14.9 Å². The average molecular weight is 491 g/mol. The van der Waals surface area contributed by atoms with E-state index in [-0.39, 0.29) is 37.1 Å². The molecule has 4 N–H and O–H groups in total. The molecule has 1 aliphatic heterocycles. The molecular formula is C24H28ClFN4O4. The molecule has 8 nitrogen and oxygen atoms in total. The van der Waals surface area contributed by atoms with Crippen LogP contribution in [0.3, 0.4) is 0 Å². The Kier molecular flexibility index (Phi) is 8.46. The molecule has 3 rings (SSSR count). The Bertz CT molecular complexity index is 1060. The lowest BCUT2D eigenvalue weighted by atomic mass is 9.87. The number of hydrogen-bond acceptors (Lipinski definition) is 5. The molecule has 10 heteroatoms. The number of anilines is 1. The summed E-state index contributed by atoms with van der Waals surface area (Å²) in [5, 5.41) is 5.96. The predicted octanol–water partition coefficient (Wildman–Crippen LogP) is 3.01. The van der Waals surface area contributed by atoms with Gasteiger partial charge in [-0.25, -0.2) is 9.18 Å². The van der Waals surface area contributed by atoms with Crippen molar-refractivity contribution in [2.75, 3.05) is 31.6 Å². The highest BCUT2D eigenvalue weighted by Crippen LogP contribution is 2.25. The third-order valence-electron chi connectivity index (χ3n) is 5.86. The SMILES string of the molecule is Cc1ccc(NC(=O)OCC2(NC(=O)Cc3ccccc3Cl)CCN(C(=O)CN)CC2)cc1F. The van der Waals surface area contributed by atoms with Gasteiger partial charge in [0.25, 0.3) is 0 Å². The molecule has 2 aromatic rings. The van der Waals surface area contributed by atoms with Crippen molar-refractivity contribution in [1.82, 2.24) is 10.2 Å². The molecule has 0 radical (unpaired) electrons. The zero-order chi connectivity index (χ0) is 24.7. The molecule has 1 fully saturated rings. The molecule has 34 heavy (non-hydrogen) atoms. The molecule has 1 saturated heterocycles. The minimum Gasteiger partial charge on any atom is -0.447 e. The number of nitrogens with two attached hydrogens (primary N) is 1. The van der Waals surface area contributed by atoms with Gasteiger partial charge in [0.05, 0.1) is 18.5 Å². The maximum absolute atomic E-state index is 13.8. The first kappa shape index (κ1) is 25.5. The van der Waals surface area contributed by atoms with Crippen molar-refractivity contribution in [3.05, 3.63) is 64.4 Å². The number of piperidine rings is 1. The Morgan fingerprint density at radius 3 is 2.53 bits per heavy atom. The van der Waals surface area contributed by atoms with E-state index >= 15 is 0 Å². The number of ether oxygens (including phenoxy) is 1. The Morgan fingerprint density at radius 2 is 1.88 bits per heavy atom. The molecule has 3 amide bonds. The van der Waals surface area contributed by atoms with Crippen LogP contribution in [0.2, 0.25) is 5.02 Å². The Balaban J connectivity index is 1.67. The Hall–Kier alpha value is -3.17. The standard InChI is InChI=1S/C24H28ClFN4O4/c1-16-6-7-18(13-20(16)26)28-23(33)34-15-24(8-10-30(11-9-24)22(32)14-27)29-21(31)12-17-4-2-3-5-19(17)25/h2-7,13H,8-12,14-15,27H2,1H3,(H,28,33)(H,29,31). The summed E-state index contributed by atoms with van der Waals surface area (Å²) < 4.78 is 19.2. The van der Waals surface area contributed by atoms with Crippen molar-refractivity contribution < 1.29 is 23.5 Å². The normalized spacial score (nSPS) is 14.9. The number of rotatable bonds is 7. The van der Waals surface area contributed by atoms with Crippen LogP contribution in [0, 0.1) is 12.7 Å². The van der Waals surface area contributed by atoms with Crippen LogP contribution in [-0.4, -0.2) is 54.6 Å². The fraction of sp³-hybridized carbons (Fsp3) is 0.375. The molecule has 0 bridgehead atoms. The first-order valence-corrected chi connectivity index (χ1v) is 11.3. The number of aryl methyl sites for hydroxylation is 1. The van der Waals surface area contributed by atoms with E-state index in [0.29, 0.717) is 42.1 Å². The van der Waals surface area contributed by atoms with Crippen molar-refractivity contribution >= 4 is 35.2 Å². The van der Waals surface area contributed by atoms with E-state index in [4.69, 9.17) is 22.1 Å². The minimum atomic E-state index is -0.875. The number of benzene rings is 2. The second-order valence-corrected chi connectivity index (χ2v) is 8.75. The highest BCUT2D eigenvalue weighted by Gasteiger charge is 2.38.